The smallest absolute Gasteiger partial charge is 0.253 e. The van der Waals surface area contributed by atoms with Crippen LogP contribution in [-0.4, -0.2) is 44.4 Å². The predicted octanol–water partition coefficient (Wildman–Crippen LogP) is -0.108. The molecular formula is C12H18N4O2. The van der Waals surface area contributed by atoms with E-state index < -0.39 is 5.91 Å². The van der Waals surface area contributed by atoms with Gasteiger partial charge < -0.3 is 21.3 Å². The minimum absolute atomic E-state index is 0.0454. The van der Waals surface area contributed by atoms with Crippen LogP contribution in [0.15, 0.2) is 18.2 Å². The maximum atomic E-state index is 11.8. The molecule has 6 heteroatoms. The van der Waals surface area contributed by atoms with E-state index in [4.69, 9.17) is 11.5 Å². The monoisotopic (exact) mass is 250 g/mol. The molecule has 1 aromatic rings. The second-order valence-electron chi connectivity index (χ2n) is 4.30. The van der Waals surface area contributed by atoms with Crippen LogP contribution in [0.3, 0.4) is 0 Å². The summed E-state index contributed by atoms with van der Waals surface area (Å²) in [5.41, 5.74) is 12.6. The highest BCUT2D eigenvalue weighted by molar-refractivity contribution is 5.96. The number of carbonyl (C=O) groups excluding carboxylic acids is 2. The van der Waals surface area contributed by atoms with E-state index in [1.807, 2.05) is 0 Å². The molecule has 18 heavy (non-hydrogen) atoms. The molecule has 0 atom stereocenters. The fourth-order valence-electron chi connectivity index (χ4n) is 1.58. The highest BCUT2D eigenvalue weighted by Crippen LogP contribution is 2.23. The van der Waals surface area contributed by atoms with E-state index in [1.54, 1.807) is 44.2 Å². The number of nitrogens with two attached hydrogens (primary N) is 2. The van der Waals surface area contributed by atoms with Crippen LogP contribution in [-0.2, 0) is 4.79 Å². The minimum Gasteiger partial charge on any atom is -0.397 e. The molecule has 98 valence electrons. The van der Waals surface area contributed by atoms with Crippen LogP contribution >= 0.6 is 0 Å². The van der Waals surface area contributed by atoms with Crippen LogP contribution in [0.4, 0.5) is 11.4 Å². The second-order valence-corrected chi connectivity index (χ2v) is 4.30. The van der Waals surface area contributed by atoms with E-state index in [0.29, 0.717) is 16.9 Å². The maximum Gasteiger partial charge on any atom is 0.253 e. The zero-order valence-corrected chi connectivity index (χ0v) is 10.8. The van der Waals surface area contributed by atoms with Crippen molar-refractivity contribution in [3.8, 4) is 0 Å². The first kappa shape index (κ1) is 13.8. The zero-order valence-electron chi connectivity index (χ0n) is 10.8. The molecule has 0 spiro atoms. The average molecular weight is 250 g/mol. The molecule has 0 heterocycles. The molecular weight excluding hydrogens is 232 g/mol. The highest BCUT2D eigenvalue weighted by atomic mass is 16.2. The summed E-state index contributed by atoms with van der Waals surface area (Å²) in [5.74, 6) is -0.579. The molecule has 6 nitrogen and oxygen atoms in total. The van der Waals surface area contributed by atoms with Gasteiger partial charge in [-0.3, -0.25) is 9.59 Å². The number of anilines is 2. The topological polar surface area (TPSA) is 92.7 Å². The Kier molecular flexibility index (Phi) is 4.14. The van der Waals surface area contributed by atoms with E-state index in [9.17, 15) is 9.59 Å². The summed E-state index contributed by atoms with van der Waals surface area (Å²) >= 11 is 0. The molecule has 0 aromatic heterocycles. The van der Waals surface area contributed by atoms with E-state index in [2.05, 4.69) is 0 Å². The lowest BCUT2D eigenvalue weighted by Crippen LogP contribution is -2.31. The largest absolute Gasteiger partial charge is 0.397 e. The summed E-state index contributed by atoms with van der Waals surface area (Å²) in [4.78, 5) is 25.8. The quantitative estimate of drug-likeness (QED) is 0.729. The lowest BCUT2D eigenvalue weighted by atomic mass is 10.1. The number of nitrogens with zero attached hydrogens (tertiary/aromatic N) is 2. The van der Waals surface area contributed by atoms with Gasteiger partial charge in [-0.1, -0.05) is 0 Å². The molecule has 0 aliphatic rings. The van der Waals surface area contributed by atoms with Crippen LogP contribution in [0.2, 0.25) is 0 Å². The molecule has 0 aliphatic heterocycles. The number of carbonyl (C=O) groups is 2. The van der Waals surface area contributed by atoms with Gasteiger partial charge in [0.1, 0.15) is 0 Å². The van der Waals surface area contributed by atoms with Crippen LogP contribution < -0.4 is 16.4 Å². The molecule has 0 saturated heterocycles. The Morgan fingerprint density at radius 3 is 2.33 bits per heavy atom. The number of nitrogen functional groups attached to an aromatic ring is 1. The first-order valence-corrected chi connectivity index (χ1v) is 5.43. The van der Waals surface area contributed by atoms with Gasteiger partial charge >= 0.3 is 0 Å². The van der Waals surface area contributed by atoms with Crippen LogP contribution in [0.25, 0.3) is 0 Å². The summed E-state index contributed by atoms with van der Waals surface area (Å²) in [7, 11) is 5.04. The van der Waals surface area contributed by atoms with Crippen molar-refractivity contribution in [1.29, 1.82) is 0 Å². The molecule has 1 rings (SSSR count). The summed E-state index contributed by atoms with van der Waals surface area (Å²) in [5, 5.41) is 0. The number of hydrogen-bond acceptors (Lipinski definition) is 4. The molecule has 0 radical (unpaired) electrons. The summed E-state index contributed by atoms with van der Waals surface area (Å²) < 4.78 is 0. The first-order valence-electron chi connectivity index (χ1n) is 5.43. The van der Waals surface area contributed by atoms with Gasteiger partial charge in [0.25, 0.3) is 5.91 Å². The fraction of sp³-hybridized carbons (Fsp3) is 0.333. The highest BCUT2D eigenvalue weighted by Gasteiger charge is 2.13. The summed E-state index contributed by atoms with van der Waals surface area (Å²) in [6.07, 6.45) is 0. The Balaban J connectivity index is 3.08. The Bertz CT molecular complexity index is 471. The van der Waals surface area contributed by atoms with Gasteiger partial charge in [-0.2, -0.15) is 0 Å². The van der Waals surface area contributed by atoms with Crippen molar-refractivity contribution >= 4 is 23.2 Å². The number of amides is 2. The minimum atomic E-state index is -0.457. The summed E-state index contributed by atoms with van der Waals surface area (Å²) in [6.45, 7) is 0.0454. The van der Waals surface area contributed by atoms with Crippen molar-refractivity contribution in [3.63, 3.8) is 0 Å². The van der Waals surface area contributed by atoms with Crippen molar-refractivity contribution in [2.45, 2.75) is 0 Å². The molecule has 0 bridgehead atoms. The fourth-order valence-corrected chi connectivity index (χ4v) is 1.58. The Labute approximate surface area is 106 Å². The van der Waals surface area contributed by atoms with Gasteiger partial charge in [-0.25, -0.2) is 0 Å². The van der Waals surface area contributed by atoms with Crippen molar-refractivity contribution in [3.05, 3.63) is 23.8 Å². The number of rotatable bonds is 4. The molecule has 0 fully saturated rings. The van der Waals surface area contributed by atoms with Crippen LogP contribution in [0.1, 0.15) is 10.4 Å². The summed E-state index contributed by atoms with van der Waals surface area (Å²) in [6, 6.07) is 4.95. The Hall–Kier alpha value is -2.24. The number of benzene rings is 1. The van der Waals surface area contributed by atoms with Gasteiger partial charge in [0, 0.05) is 26.7 Å². The van der Waals surface area contributed by atoms with E-state index in [0.717, 1.165) is 0 Å². The van der Waals surface area contributed by atoms with Gasteiger partial charge in [-0.05, 0) is 18.2 Å². The van der Waals surface area contributed by atoms with Gasteiger partial charge in [0.05, 0.1) is 17.9 Å². The van der Waals surface area contributed by atoms with Gasteiger partial charge in [0.15, 0.2) is 0 Å². The lowest BCUT2D eigenvalue weighted by Gasteiger charge is -2.20. The Morgan fingerprint density at radius 2 is 1.83 bits per heavy atom. The van der Waals surface area contributed by atoms with E-state index in [-0.39, 0.29) is 12.5 Å². The third-order valence-electron chi connectivity index (χ3n) is 2.49. The van der Waals surface area contributed by atoms with Crippen LogP contribution in [0.5, 0.6) is 0 Å². The van der Waals surface area contributed by atoms with Gasteiger partial charge in [0.2, 0.25) is 5.91 Å². The van der Waals surface area contributed by atoms with Crippen molar-refractivity contribution in [2.75, 3.05) is 38.3 Å². The SMILES string of the molecule is CN(C)C(=O)c1ccc(N)c(N(C)CC(N)=O)c1. The molecule has 1 aromatic carbocycles. The Morgan fingerprint density at radius 1 is 1.22 bits per heavy atom. The predicted molar refractivity (Wildman–Crippen MR) is 71.3 cm³/mol. The molecule has 0 aliphatic carbocycles. The van der Waals surface area contributed by atoms with E-state index in [1.165, 1.54) is 4.90 Å². The zero-order chi connectivity index (χ0) is 13.9. The number of hydrogen-bond donors (Lipinski definition) is 2. The van der Waals surface area contributed by atoms with Crippen molar-refractivity contribution < 1.29 is 9.59 Å². The normalized spacial score (nSPS) is 9.94. The first-order chi connectivity index (χ1) is 8.32. The van der Waals surface area contributed by atoms with E-state index >= 15 is 0 Å². The molecule has 0 unspecified atom stereocenters. The number of primary amides is 1. The third-order valence-corrected chi connectivity index (χ3v) is 2.49. The van der Waals surface area contributed by atoms with Crippen molar-refractivity contribution in [2.24, 2.45) is 5.73 Å². The maximum absolute atomic E-state index is 11.8. The van der Waals surface area contributed by atoms with Crippen molar-refractivity contribution in [1.82, 2.24) is 4.90 Å². The molecule has 4 N–H and O–H groups in total. The third kappa shape index (κ3) is 3.13. The number of likely N-dealkylation sites (N-methyl/N-ethyl adjacent to an activating group) is 1. The average Bonchev–Trinajstić information content (AvgIpc) is 2.27. The molecule has 2 amide bonds. The molecule has 0 saturated carbocycles. The second kappa shape index (κ2) is 5.39. The van der Waals surface area contributed by atoms with Crippen LogP contribution in [0, 0.1) is 0 Å². The lowest BCUT2D eigenvalue weighted by molar-refractivity contribution is -0.116. The van der Waals surface area contributed by atoms with Gasteiger partial charge in [-0.15, -0.1) is 0 Å². The standard InChI is InChI=1S/C12H18N4O2/c1-15(2)12(18)8-4-5-9(13)10(6-8)16(3)7-11(14)17/h4-6H,7,13H2,1-3H3,(H2,14,17).